The van der Waals surface area contributed by atoms with E-state index >= 15 is 0 Å². The molecule has 0 radical (unpaired) electrons. The first-order valence-electron chi connectivity index (χ1n) is 6.59. The molecule has 1 fully saturated rings. The van der Waals surface area contributed by atoms with E-state index < -0.39 is 0 Å². The van der Waals surface area contributed by atoms with E-state index in [1.165, 1.54) is 5.56 Å². The van der Waals surface area contributed by atoms with Crippen molar-refractivity contribution < 1.29 is 9.53 Å². The number of aryl methyl sites for hydroxylation is 1. The Bertz CT molecular complexity index is 435. The zero-order valence-electron chi connectivity index (χ0n) is 10.3. The summed E-state index contributed by atoms with van der Waals surface area (Å²) in [6.07, 6.45) is 9.95. The molecular formula is C14H19NO2. The summed E-state index contributed by atoms with van der Waals surface area (Å²) in [4.78, 5) is 11.7. The van der Waals surface area contributed by atoms with Crippen LogP contribution in [0.5, 0.6) is 0 Å². The van der Waals surface area contributed by atoms with Crippen LogP contribution in [0.15, 0.2) is 12.4 Å². The van der Waals surface area contributed by atoms with Crippen molar-refractivity contribution in [2.45, 2.75) is 57.8 Å². The topological polar surface area (TPSA) is 31.2 Å². The normalized spacial score (nSPS) is 28.4. The minimum atomic E-state index is 0.311. The lowest BCUT2D eigenvalue weighted by Crippen LogP contribution is -2.15. The maximum atomic E-state index is 11.7. The van der Waals surface area contributed by atoms with Crippen LogP contribution in [0, 0.1) is 0 Å². The molecule has 0 bridgehead atoms. The first-order valence-corrected chi connectivity index (χ1v) is 6.59. The van der Waals surface area contributed by atoms with E-state index in [9.17, 15) is 4.79 Å². The number of aromatic nitrogens is 1. The second kappa shape index (κ2) is 4.30. The maximum absolute atomic E-state index is 11.7. The molecular weight excluding hydrogens is 214 g/mol. The third-order valence-corrected chi connectivity index (χ3v) is 3.85. The van der Waals surface area contributed by atoms with Gasteiger partial charge in [-0.15, -0.1) is 0 Å². The van der Waals surface area contributed by atoms with Gasteiger partial charge in [0.15, 0.2) is 5.78 Å². The molecule has 1 aromatic rings. The summed E-state index contributed by atoms with van der Waals surface area (Å²) in [6.45, 7) is 3.02. The molecule has 0 N–H and O–H groups in total. The van der Waals surface area contributed by atoms with Gasteiger partial charge in [-0.05, 0) is 38.2 Å². The third kappa shape index (κ3) is 2.16. The molecule has 2 unspecified atom stereocenters. The van der Waals surface area contributed by atoms with Crippen LogP contribution in [-0.2, 0) is 17.7 Å². The third-order valence-electron chi connectivity index (χ3n) is 3.85. The highest BCUT2D eigenvalue weighted by atomic mass is 16.5. The van der Waals surface area contributed by atoms with Gasteiger partial charge in [0.1, 0.15) is 0 Å². The van der Waals surface area contributed by atoms with Crippen LogP contribution < -0.4 is 0 Å². The lowest BCUT2D eigenvalue weighted by molar-refractivity contribution is 0.0458. The molecule has 3 heteroatoms. The van der Waals surface area contributed by atoms with E-state index in [2.05, 4.69) is 17.7 Å². The summed E-state index contributed by atoms with van der Waals surface area (Å²) in [5, 5.41) is 0. The smallest absolute Gasteiger partial charge is 0.164 e. The van der Waals surface area contributed by atoms with Gasteiger partial charge in [0.25, 0.3) is 0 Å². The van der Waals surface area contributed by atoms with Crippen molar-refractivity contribution >= 4 is 5.78 Å². The lowest BCUT2D eigenvalue weighted by Gasteiger charge is -2.11. The number of hydrogen-bond acceptors (Lipinski definition) is 2. The van der Waals surface area contributed by atoms with Crippen molar-refractivity contribution in [2.24, 2.45) is 0 Å². The summed E-state index contributed by atoms with van der Waals surface area (Å²) in [5.74, 6) is 0.311. The zero-order chi connectivity index (χ0) is 11.8. The molecule has 0 spiro atoms. The maximum Gasteiger partial charge on any atom is 0.164 e. The molecule has 3 nitrogen and oxygen atoms in total. The van der Waals surface area contributed by atoms with Crippen molar-refractivity contribution in [3.05, 3.63) is 23.5 Å². The molecule has 1 aromatic heterocycles. The Balaban J connectivity index is 1.74. The van der Waals surface area contributed by atoms with E-state index in [1.807, 2.05) is 6.20 Å². The Morgan fingerprint density at radius 2 is 2.24 bits per heavy atom. The van der Waals surface area contributed by atoms with Crippen molar-refractivity contribution in [3.63, 3.8) is 0 Å². The summed E-state index contributed by atoms with van der Waals surface area (Å²) in [7, 11) is 0. The standard InChI is InChI=1S/C14H19NO2/c1-10-5-6-12(17-10)8-15-7-11-3-2-4-14(16)13(11)9-15/h7,9-10,12H,2-6,8H2,1H3. The summed E-state index contributed by atoms with van der Waals surface area (Å²) in [6, 6.07) is 0. The highest BCUT2D eigenvalue weighted by Gasteiger charge is 2.24. The van der Waals surface area contributed by atoms with E-state index in [1.54, 1.807) is 0 Å². The second-order valence-corrected chi connectivity index (χ2v) is 5.32. The van der Waals surface area contributed by atoms with E-state index in [0.29, 0.717) is 24.4 Å². The van der Waals surface area contributed by atoms with Gasteiger partial charge in [-0.2, -0.15) is 0 Å². The van der Waals surface area contributed by atoms with Gasteiger partial charge in [0.05, 0.1) is 12.2 Å². The van der Waals surface area contributed by atoms with E-state index in [4.69, 9.17) is 4.74 Å². The minimum absolute atomic E-state index is 0.311. The first-order chi connectivity index (χ1) is 8.22. The summed E-state index contributed by atoms with van der Waals surface area (Å²) >= 11 is 0. The minimum Gasteiger partial charge on any atom is -0.373 e. The predicted octanol–water partition coefficient (Wildman–Crippen LogP) is 2.57. The fourth-order valence-electron chi connectivity index (χ4n) is 2.94. The molecule has 0 amide bonds. The van der Waals surface area contributed by atoms with Crippen LogP contribution in [0.2, 0.25) is 0 Å². The molecule has 2 heterocycles. The van der Waals surface area contributed by atoms with Crippen molar-refractivity contribution in [1.82, 2.24) is 4.57 Å². The van der Waals surface area contributed by atoms with Crippen molar-refractivity contribution in [1.29, 1.82) is 0 Å². The quantitative estimate of drug-likeness (QED) is 0.786. The molecule has 17 heavy (non-hydrogen) atoms. The average molecular weight is 233 g/mol. The van der Waals surface area contributed by atoms with Crippen LogP contribution in [0.1, 0.15) is 48.5 Å². The van der Waals surface area contributed by atoms with Crippen molar-refractivity contribution in [3.8, 4) is 0 Å². The number of ketones is 1. The number of Topliss-reactive ketones (excluding diaryl/α,β-unsaturated/α-hetero) is 1. The van der Waals surface area contributed by atoms with E-state index in [-0.39, 0.29) is 0 Å². The van der Waals surface area contributed by atoms with E-state index in [0.717, 1.165) is 37.8 Å². The van der Waals surface area contributed by atoms with Crippen molar-refractivity contribution in [2.75, 3.05) is 0 Å². The van der Waals surface area contributed by atoms with Crippen LogP contribution >= 0.6 is 0 Å². The number of ether oxygens (including phenoxy) is 1. The van der Waals surface area contributed by atoms with Gasteiger partial charge in [-0.3, -0.25) is 4.79 Å². The largest absolute Gasteiger partial charge is 0.373 e. The van der Waals surface area contributed by atoms with Gasteiger partial charge in [-0.1, -0.05) is 0 Å². The van der Waals surface area contributed by atoms with Gasteiger partial charge in [-0.25, -0.2) is 0 Å². The van der Waals surface area contributed by atoms with Gasteiger partial charge < -0.3 is 9.30 Å². The molecule has 2 atom stereocenters. The SMILES string of the molecule is CC1CCC(Cn2cc3c(c2)C(=O)CCC3)O1. The Hall–Kier alpha value is -1.09. The predicted molar refractivity (Wildman–Crippen MR) is 65.3 cm³/mol. The molecule has 1 saturated heterocycles. The highest BCUT2D eigenvalue weighted by molar-refractivity contribution is 5.98. The molecule has 0 aromatic carbocycles. The molecule has 2 aliphatic rings. The number of nitrogens with zero attached hydrogens (tertiary/aromatic N) is 1. The summed E-state index contributed by atoms with van der Waals surface area (Å²) < 4.78 is 7.97. The molecule has 1 aliphatic carbocycles. The average Bonchev–Trinajstić information content (AvgIpc) is 2.86. The first kappa shape index (κ1) is 11.0. The Kier molecular flexibility index (Phi) is 2.79. The molecule has 1 aliphatic heterocycles. The van der Waals surface area contributed by atoms with Crippen LogP contribution in [0.25, 0.3) is 0 Å². The van der Waals surface area contributed by atoms with Crippen LogP contribution in [0.3, 0.4) is 0 Å². The Morgan fingerprint density at radius 1 is 1.35 bits per heavy atom. The molecule has 3 rings (SSSR count). The summed E-state index contributed by atoms with van der Waals surface area (Å²) in [5.41, 5.74) is 2.18. The van der Waals surface area contributed by atoms with Gasteiger partial charge in [0.2, 0.25) is 0 Å². The number of rotatable bonds is 2. The van der Waals surface area contributed by atoms with Gasteiger partial charge in [0, 0.05) is 30.9 Å². The highest BCUT2D eigenvalue weighted by Crippen LogP contribution is 2.24. The lowest BCUT2D eigenvalue weighted by atomic mass is 9.95. The van der Waals surface area contributed by atoms with Crippen LogP contribution in [0.4, 0.5) is 0 Å². The zero-order valence-corrected chi connectivity index (χ0v) is 10.3. The monoisotopic (exact) mass is 233 g/mol. The number of carbonyl (C=O) groups is 1. The Labute approximate surface area is 102 Å². The number of fused-ring (bicyclic) bond motifs is 1. The number of carbonyl (C=O) groups excluding carboxylic acids is 1. The second-order valence-electron chi connectivity index (χ2n) is 5.32. The Morgan fingerprint density at radius 3 is 2.94 bits per heavy atom. The van der Waals surface area contributed by atoms with Crippen LogP contribution in [-0.4, -0.2) is 22.6 Å². The fraction of sp³-hybridized carbons (Fsp3) is 0.643. The number of hydrogen-bond donors (Lipinski definition) is 0. The fourth-order valence-corrected chi connectivity index (χ4v) is 2.94. The molecule has 92 valence electrons. The molecule has 0 saturated carbocycles. The van der Waals surface area contributed by atoms with Gasteiger partial charge >= 0.3 is 0 Å².